The van der Waals surface area contributed by atoms with Crippen molar-refractivity contribution in [3.63, 3.8) is 0 Å². The molecule has 0 spiro atoms. The lowest BCUT2D eigenvalue weighted by molar-refractivity contribution is 0.705. The van der Waals surface area contributed by atoms with Crippen molar-refractivity contribution in [3.8, 4) is 0 Å². The Bertz CT molecular complexity index is 790. The number of rotatable bonds is 3. The number of nitrogens with zero attached hydrogens (tertiary/aromatic N) is 3. The van der Waals surface area contributed by atoms with Crippen LogP contribution in [0.5, 0.6) is 0 Å². The Hall–Kier alpha value is -1.98. The second-order valence-corrected chi connectivity index (χ2v) is 7.05. The molecule has 5 heteroatoms. The summed E-state index contributed by atoms with van der Waals surface area (Å²) in [6.45, 7) is 2.03. The van der Waals surface area contributed by atoms with Crippen molar-refractivity contribution >= 4 is 33.5 Å². The van der Waals surface area contributed by atoms with Gasteiger partial charge < -0.3 is 0 Å². The Labute approximate surface area is 137 Å². The van der Waals surface area contributed by atoms with Gasteiger partial charge in [-0.3, -0.25) is 0 Å². The number of benzene rings is 1. The summed E-state index contributed by atoms with van der Waals surface area (Å²) in [7, 11) is 0. The Kier molecular flexibility index (Phi) is 3.52. The molecule has 0 aliphatic carbocycles. The zero-order valence-electron chi connectivity index (χ0n) is 12.1. The van der Waals surface area contributed by atoms with Crippen molar-refractivity contribution in [3.05, 3.63) is 69.4 Å². The fourth-order valence-corrected chi connectivity index (χ4v) is 4.18. The normalized spacial score (nSPS) is 17.8. The maximum Gasteiger partial charge on any atom is 0.206 e. The van der Waals surface area contributed by atoms with Crippen LogP contribution in [0.3, 0.4) is 0 Å². The van der Waals surface area contributed by atoms with E-state index in [-0.39, 0.29) is 6.04 Å². The molecule has 0 saturated carbocycles. The third kappa shape index (κ3) is 2.46. The summed E-state index contributed by atoms with van der Waals surface area (Å²) in [6.07, 6.45) is 0.920. The Balaban J connectivity index is 1.75. The molecule has 1 aliphatic rings. The van der Waals surface area contributed by atoms with Crippen LogP contribution in [0, 0.1) is 6.92 Å². The third-order valence-electron chi connectivity index (χ3n) is 3.70. The molecule has 1 aromatic carbocycles. The van der Waals surface area contributed by atoms with Gasteiger partial charge in [0.15, 0.2) is 0 Å². The highest BCUT2D eigenvalue weighted by molar-refractivity contribution is 7.13. The molecule has 110 valence electrons. The molecule has 2 aromatic heterocycles. The highest BCUT2D eigenvalue weighted by atomic mass is 32.1. The number of aryl methyl sites for hydroxylation is 1. The van der Waals surface area contributed by atoms with Crippen LogP contribution in [0.25, 0.3) is 0 Å². The van der Waals surface area contributed by atoms with Crippen LogP contribution in [-0.2, 0) is 0 Å². The van der Waals surface area contributed by atoms with Crippen LogP contribution in [0.1, 0.15) is 28.6 Å². The van der Waals surface area contributed by atoms with Crippen LogP contribution < -0.4 is 5.01 Å². The summed E-state index contributed by atoms with van der Waals surface area (Å²) in [5, 5.41) is 12.1. The van der Waals surface area contributed by atoms with E-state index in [1.807, 2.05) is 6.92 Å². The number of hydrogen-bond donors (Lipinski definition) is 0. The fourth-order valence-electron chi connectivity index (χ4n) is 2.66. The maximum absolute atomic E-state index is 4.88. The average molecular weight is 325 g/mol. The van der Waals surface area contributed by atoms with E-state index in [4.69, 9.17) is 5.10 Å². The van der Waals surface area contributed by atoms with Gasteiger partial charge in [-0.25, -0.2) is 9.99 Å². The summed E-state index contributed by atoms with van der Waals surface area (Å²) in [5.41, 5.74) is 3.48. The largest absolute Gasteiger partial charge is 0.231 e. The summed E-state index contributed by atoms with van der Waals surface area (Å²) < 4.78 is 0. The van der Waals surface area contributed by atoms with E-state index in [0.29, 0.717) is 0 Å². The second kappa shape index (κ2) is 5.66. The van der Waals surface area contributed by atoms with Gasteiger partial charge in [0.05, 0.1) is 22.3 Å². The minimum absolute atomic E-state index is 0.226. The van der Waals surface area contributed by atoms with E-state index < -0.39 is 0 Å². The van der Waals surface area contributed by atoms with Gasteiger partial charge in [0, 0.05) is 11.8 Å². The molecule has 1 atom stereocenters. The Morgan fingerprint density at radius 1 is 1.09 bits per heavy atom. The molecule has 1 aliphatic heterocycles. The highest BCUT2D eigenvalue weighted by Crippen LogP contribution is 2.38. The first kappa shape index (κ1) is 13.7. The van der Waals surface area contributed by atoms with E-state index in [0.717, 1.165) is 23.0 Å². The predicted molar refractivity (Wildman–Crippen MR) is 94.0 cm³/mol. The first-order chi connectivity index (χ1) is 10.8. The zero-order chi connectivity index (χ0) is 14.9. The quantitative estimate of drug-likeness (QED) is 0.687. The van der Waals surface area contributed by atoms with Crippen LogP contribution in [0.15, 0.2) is 58.3 Å². The molecule has 3 heterocycles. The lowest BCUT2D eigenvalue weighted by Gasteiger charge is -2.21. The van der Waals surface area contributed by atoms with Gasteiger partial charge in [0.2, 0.25) is 5.13 Å². The number of thiazole rings is 1. The molecule has 0 N–H and O–H groups in total. The van der Waals surface area contributed by atoms with E-state index >= 15 is 0 Å². The fraction of sp³-hybridized carbons (Fsp3) is 0.176. The molecule has 0 unspecified atom stereocenters. The molecule has 3 nitrogen and oxygen atoms in total. The molecule has 0 amide bonds. The molecular weight excluding hydrogens is 310 g/mol. The highest BCUT2D eigenvalue weighted by Gasteiger charge is 2.31. The first-order valence-corrected chi connectivity index (χ1v) is 8.95. The molecule has 3 aromatic rings. The number of aromatic nitrogens is 1. The SMILES string of the molecule is Cc1csc(N2N=C(c3cccs3)C[C@@H]2c2ccccc2)n1. The molecule has 22 heavy (non-hydrogen) atoms. The van der Waals surface area contributed by atoms with Crippen molar-refractivity contribution < 1.29 is 0 Å². The van der Waals surface area contributed by atoms with Crippen molar-refractivity contribution in [2.75, 3.05) is 5.01 Å². The topological polar surface area (TPSA) is 28.5 Å². The molecule has 0 bridgehead atoms. The summed E-state index contributed by atoms with van der Waals surface area (Å²) in [6, 6.07) is 15.0. The van der Waals surface area contributed by atoms with Crippen LogP contribution in [0.2, 0.25) is 0 Å². The van der Waals surface area contributed by atoms with Gasteiger partial charge in [-0.2, -0.15) is 5.10 Å². The van der Waals surface area contributed by atoms with Crippen LogP contribution in [0.4, 0.5) is 5.13 Å². The van der Waals surface area contributed by atoms with Crippen LogP contribution >= 0.6 is 22.7 Å². The third-order valence-corrected chi connectivity index (χ3v) is 5.57. The van der Waals surface area contributed by atoms with E-state index in [1.54, 1.807) is 22.7 Å². The van der Waals surface area contributed by atoms with E-state index in [9.17, 15) is 0 Å². The number of hydrazone groups is 1. The summed E-state index contributed by atoms with van der Waals surface area (Å²) in [4.78, 5) is 5.87. The minimum atomic E-state index is 0.226. The second-order valence-electron chi connectivity index (χ2n) is 5.27. The van der Waals surface area contributed by atoms with Gasteiger partial charge >= 0.3 is 0 Å². The maximum atomic E-state index is 4.88. The lowest BCUT2D eigenvalue weighted by atomic mass is 10.0. The average Bonchev–Trinajstić information content (AvgIpc) is 3.27. The molecule has 0 fully saturated rings. The zero-order valence-corrected chi connectivity index (χ0v) is 13.8. The molecular formula is C17H15N3S2. The monoisotopic (exact) mass is 325 g/mol. The van der Waals surface area contributed by atoms with Gasteiger partial charge in [0.1, 0.15) is 0 Å². The van der Waals surface area contributed by atoms with Gasteiger partial charge in [-0.15, -0.1) is 22.7 Å². The smallest absolute Gasteiger partial charge is 0.206 e. The summed E-state index contributed by atoms with van der Waals surface area (Å²) in [5.74, 6) is 0. The lowest BCUT2D eigenvalue weighted by Crippen LogP contribution is -2.18. The van der Waals surface area contributed by atoms with Gasteiger partial charge in [0.25, 0.3) is 0 Å². The number of hydrogen-bond acceptors (Lipinski definition) is 5. The van der Waals surface area contributed by atoms with Crippen molar-refractivity contribution in [2.45, 2.75) is 19.4 Å². The first-order valence-electron chi connectivity index (χ1n) is 7.19. The standard InChI is InChI=1S/C17H15N3S2/c1-12-11-22-17(18-12)20-15(13-6-3-2-4-7-13)10-14(19-20)16-8-5-9-21-16/h2-9,11,15H,10H2,1H3/t15-/m1/s1. The van der Waals surface area contributed by atoms with Gasteiger partial charge in [-0.1, -0.05) is 36.4 Å². The number of thiophene rings is 1. The van der Waals surface area contributed by atoms with Crippen molar-refractivity contribution in [2.24, 2.45) is 5.10 Å². The molecule has 0 saturated heterocycles. The van der Waals surface area contributed by atoms with E-state index in [2.05, 4.69) is 63.2 Å². The van der Waals surface area contributed by atoms with Gasteiger partial charge in [-0.05, 0) is 23.9 Å². The molecule has 0 radical (unpaired) electrons. The summed E-state index contributed by atoms with van der Waals surface area (Å²) >= 11 is 3.40. The predicted octanol–water partition coefficient (Wildman–Crippen LogP) is 4.87. The van der Waals surface area contributed by atoms with E-state index in [1.165, 1.54) is 10.4 Å². The van der Waals surface area contributed by atoms with Crippen molar-refractivity contribution in [1.29, 1.82) is 0 Å². The number of anilines is 1. The van der Waals surface area contributed by atoms with Crippen molar-refractivity contribution in [1.82, 2.24) is 4.98 Å². The minimum Gasteiger partial charge on any atom is -0.231 e. The van der Waals surface area contributed by atoms with Crippen LogP contribution in [-0.4, -0.2) is 10.7 Å². The Morgan fingerprint density at radius 3 is 2.64 bits per heavy atom. The Morgan fingerprint density at radius 2 is 1.95 bits per heavy atom. The molecule has 4 rings (SSSR count).